The van der Waals surface area contributed by atoms with E-state index in [-0.39, 0.29) is 6.04 Å². The van der Waals surface area contributed by atoms with E-state index in [0.717, 1.165) is 29.7 Å². The molecule has 0 fully saturated rings. The summed E-state index contributed by atoms with van der Waals surface area (Å²) in [6.45, 7) is 11.3. The van der Waals surface area contributed by atoms with E-state index in [9.17, 15) is 8.42 Å². The van der Waals surface area contributed by atoms with Crippen LogP contribution in [-0.4, -0.2) is 21.0 Å². The zero-order chi connectivity index (χ0) is 15.3. The largest absolute Gasteiger partial charge is 0.313 e. The van der Waals surface area contributed by atoms with Crippen molar-refractivity contribution < 1.29 is 8.42 Å². The van der Waals surface area contributed by atoms with Crippen molar-refractivity contribution in [1.29, 1.82) is 0 Å². The van der Waals surface area contributed by atoms with Crippen LogP contribution >= 0.6 is 0 Å². The molecule has 1 aromatic rings. The van der Waals surface area contributed by atoms with Gasteiger partial charge in [-0.2, -0.15) is 0 Å². The maximum absolute atomic E-state index is 12.4. The molecule has 0 radical (unpaired) electrons. The summed E-state index contributed by atoms with van der Waals surface area (Å²) >= 11 is 0. The highest BCUT2D eigenvalue weighted by atomic mass is 32.2. The first kappa shape index (κ1) is 17.1. The number of rotatable bonds is 7. The summed E-state index contributed by atoms with van der Waals surface area (Å²) in [5, 5.41) is 3.24. The van der Waals surface area contributed by atoms with Crippen molar-refractivity contribution >= 4 is 10.0 Å². The van der Waals surface area contributed by atoms with Crippen LogP contribution in [0.2, 0.25) is 0 Å². The van der Waals surface area contributed by atoms with Gasteiger partial charge in [-0.3, -0.25) is 0 Å². The SMILES string of the molecule is CCNCc1cc(S(=O)(=O)NC(C)CC)c(C)cc1C. The highest BCUT2D eigenvalue weighted by Gasteiger charge is 2.20. The molecule has 0 bridgehead atoms. The second-order valence-electron chi connectivity index (χ2n) is 5.26. The maximum Gasteiger partial charge on any atom is 0.241 e. The van der Waals surface area contributed by atoms with Crippen molar-refractivity contribution in [3.05, 3.63) is 28.8 Å². The Hall–Kier alpha value is -0.910. The normalized spacial score (nSPS) is 13.4. The molecule has 0 saturated carbocycles. The third kappa shape index (κ3) is 4.30. The Labute approximate surface area is 123 Å². The second kappa shape index (κ2) is 7.20. The van der Waals surface area contributed by atoms with Gasteiger partial charge in [0, 0.05) is 12.6 Å². The first-order valence-electron chi connectivity index (χ1n) is 7.15. The van der Waals surface area contributed by atoms with Crippen molar-refractivity contribution in [2.75, 3.05) is 6.54 Å². The Morgan fingerprint density at radius 2 is 1.80 bits per heavy atom. The molecular weight excluding hydrogens is 272 g/mol. The number of benzene rings is 1. The van der Waals surface area contributed by atoms with Crippen LogP contribution in [0, 0.1) is 13.8 Å². The van der Waals surface area contributed by atoms with Crippen LogP contribution in [0.1, 0.15) is 43.9 Å². The van der Waals surface area contributed by atoms with Crippen LogP contribution in [0.25, 0.3) is 0 Å². The maximum atomic E-state index is 12.4. The molecule has 0 amide bonds. The van der Waals surface area contributed by atoms with E-state index in [4.69, 9.17) is 0 Å². The molecule has 0 spiro atoms. The molecule has 4 nitrogen and oxygen atoms in total. The fraction of sp³-hybridized carbons (Fsp3) is 0.600. The van der Waals surface area contributed by atoms with Gasteiger partial charge in [-0.05, 0) is 56.5 Å². The molecule has 0 aliphatic heterocycles. The Morgan fingerprint density at radius 1 is 1.15 bits per heavy atom. The monoisotopic (exact) mass is 298 g/mol. The van der Waals surface area contributed by atoms with Crippen LogP contribution < -0.4 is 10.0 Å². The Kier molecular flexibility index (Phi) is 6.17. The number of sulfonamides is 1. The molecule has 0 aromatic heterocycles. The summed E-state index contributed by atoms with van der Waals surface area (Å²) < 4.78 is 27.6. The van der Waals surface area contributed by atoms with Gasteiger partial charge in [0.2, 0.25) is 10.0 Å². The summed E-state index contributed by atoms with van der Waals surface area (Å²) in [6, 6.07) is 3.67. The molecule has 1 aromatic carbocycles. The van der Waals surface area contributed by atoms with Gasteiger partial charge >= 0.3 is 0 Å². The molecule has 1 rings (SSSR count). The van der Waals surface area contributed by atoms with Gasteiger partial charge in [-0.15, -0.1) is 0 Å². The Bertz CT molecular complexity index is 553. The van der Waals surface area contributed by atoms with Crippen LogP contribution in [0.15, 0.2) is 17.0 Å². The van der Waals surface area contributed by atoms with E-state index in [1.807, 2.05) is 40.7 Å². The van der Waals surface area contributed by atoms with Crippen LogP contribution in [0.3, 0.4) is 0 Å². The van der Waals surface area contributed by atoms with Crippen LogP contribution in [-0.2, 0) is 16.6 Å². The van der Waals surface area contributed by atoms with Gasteiger partial charge in [0.05, 0.1) is 4.90 Å². The number of hydrogen-bond acceptors (Lipinski definition) is 3. The quantitative estimate of drug-likeness (QED) is 0.813. The lowest BCUT2D eigenvalue weighted by atomic mass is 10.1. The topological polar surface area (TPSA) is 58.2 Å². The molecular formula is C15H26N2O2S. The van der Waals surface area contributed by atoms with E-state index in [1.54, 1.807) is 6.07 Å². The minimum atomic E-state index is -3.44. The first-order valence-corrected chi connectivity index (χ1v) is 8.63. The first-order chi connectivity index (χ1) is 9.31. The summed E-state index contributed by atoms with van der Waals surface area (Å²) in [5.74, 6) is 0. The fourth-order valence-electron chi connectivity index (χ4n) is 2.03. The van der Waals surface area contributed by atoms with Crippen molar-refractivity contribution in [1.82, 2.24) is 10.0 Å². The van der Waals surface area contributed by atoms with Crippen LogP contribution in [0.4, 0.5) is 0 Å². The number of nitrogens with one attached hydrogen (secondary N) is 2. The van der Waals surface area contributed by atoms with E-state index >= 15 is 0 Å². The Balaban J connectivity index is 3.16. The molecule has 0 aliphatic rings. The minimum absolute atomic E-state index is 0.0575. The fourth-order valence-corrected chi connectivity index (χ4v) is 3.63. The average molecular weight is 298 g/mol. The number of aryl methyl sites for hydroxylation is 2. The van der Waals surface area contributed by atoms with Gasteiger partial charge < -0.3 is 5.32 Å². The summed E-state index contributed by atoms with van der Waals surface area (Å²) in [7, 11) is -3.44. The van der Waals surface area contributed by atoms with E-state index in [1.165, 1.54) is 0 Å². The molecule has 20 heavy (non-hydrogen) atoms. The van der Waals surface area contributed by atoms with Crippen molar-refractivity contribution in [3.8, 4) is 0 Å². The van der Waals surface area contributed by atoms with E-state index in [0.29, 0.717) is 11.4 Å². The van der Waals surface area contributed by atoms with Gasteiger partial charge in [0.1, 0.15) is 0 Å². The van der Waals surface area contributed by atoms with Gasteiger partial charge in [-0.1, -0.05) is 19.9 Å². The van der Waals surface area contributed by atoms with Crippen molar-refractivity contribution in [3.63, 3.8) is 0 Å². The van der Waals surface area contributed by atoms with E-state index in [2.05, 4.69) is 10.0 Å². The third-order valence-corrected chi connectivity index (χ3v) is 5.19. The Morgan fingerprint density at radius 3 is 2.35 bits per heavy atom. The molecule has 5 heteroatoms. The van der Waals surface area contributed by atoms with Gasteiger partial charge in [0.15, 0.2) is 0 Å². The van der Waals surface area contributed by atoms with Crippen molar-refractivity contribution in [2.45, 2.75) is 58.5 Å². The lowest BCUT2D eigenvalue weighted by Gasteiger charge is -2.16. The zero-order valence-electron chi connectivity index (χ0n) is 13.1. The van der Waals surface area contributed by atoms with Gasteiger partial charge in [-0.25, -0.2) is 13.1 Å². The zero-order valence-corrected chi connectivity index (χ0v) is 13.9. The average Bonchev–Trinajstić information content (AvgIpc) is 2.36. The summed E-state index contributed by atoms with van der Waals surface area (Å²) in [4.78, 5) is 0.385. The molecule has 0 aliphatic carbocycles. The predicted molar refractivity (Wildman–Crippen MR) is 83.4 cm³/mol. The molecule has 1 unspecified atom stereocenters. The minimum Gasteiger partial charge on any atom is -0.313 e. The highest BCUT2D eigenvalue weighted by molar-refractivity contribution is 7.89. The summed E-state index contributed by atoms with van der Waals surface area (Å²) in [6.07, 6.45) is 0.772. The lowest BCUT2D eigenvalue weighted by molar-refractivity contribution is 0.555. The van der Waals surface area contributed by atoms with Gasteiger partial charge in [0.25, 0.3) is 0 Å². The standard InChI is InChI=1S/C15H26N2O2S/c1-6-13(5)17-20(18,19)15-9-14(10-16-7-2)11(3)8-12(15)4/h8-9,13,16-17H,6-7,10H2,1-5H3. The van der Waals surface area contributed by atoms with Crippen LogP contribution in [0.5, 0.6) is 0 Å². The lowest BCUT2D eigenvalue weighted by Crippen LogP contribution is -2.32. The molecule has 0 saturated heterocycles. The third-order valence-electron chi connectivity index (χ3n) is 3.46. The molecule has 2 N–H and O–H groups in total. The smallest absolute Gasteiger partial charge is 0.241 e. The predicted octanol–water partition coefficient (Wildman–Crippen LogP) is 2.49. The summed E-state index contributed by atoms with van der Waals surface area (Å²) in [5.41, 5.74) is 2.94. The van der Waals surface area contributed by atoms with E-state index < -0.39 is 10.0 Å². The molecule has 114 valence electrons. The second-order valence-corrected chi connectivity index (χ2v) is 6.94. The highest BCUT2D eigenvalue weighted by Crippen LogP contribution is 2.21. The molecule has 1 atom stereocenters. The van der Waals surface area contributed by atoms with Crippen molar-refractivity contribution in [2.24, 2.45) is 0 Å². The molecule has 0 heterocycles. The number of hydrogen-bond donors (Lipinski definition) is 2.